The number of likely N-dealkylation sites (N-methyl/N-ethyl adjacent to an activating group) is 1. The minimum atomic E-state index is -0.896. The third kappa shape index (κ3) is 4.99. The van der Waals surface area contributed by atoms with Crippen molar-refractivity contribution in [2.45, 2.75) is 0 Å². The van der Waals surface area contributed by atoms with Crippen LogP contribution < -0.4 is 15.5 Å². The summed E-state index contributed by atoms with van der Waals surface area (Å²) in [7, 11) is 1.22. The maximum absolute atomic E-state index is 11.9. The Morgan fingerprint density at radius 3 is 2.59 bits per heavy atom. The molecular weight excluding hydrogens is 300 g/mol. The molecule has 22 heavy (non-hydrogen) atoms. The average Bonchev–Trinajstić information content (AvgIpc) is 2.48. The zero-order valence-electron chi connectivity index (χ0n) is 13.2. The lowest BCUT2D eigenvalue weighted by Crippen LogP contribution is -2.44. The van der Waals surface area contributed by atoms with E-state index in [-0.39, 0.29) is 6.03 Å². The number of hydrogen-bond acceptors (Lipinski definition) is 4. The smallest absolute Gasteiger partial charge is 0.319 e. The van der Waals surface area contributed by atoms with Gasteiger partial charge in [-0.1, -0.05) is 12.1 Å². The van der Waals surface area contributed by atoms with Crippen LogP contribution in [0, 0.1) is 0 Å². The molecule has 1 aromatic carbocycles. The van der Waals surface area contributed by atoms with Gasteiger partial charge in [0.1, 0.15) is 0 Å². The molecule has 0 unspecified atom stereocenters. The first kappa shape index (κ1) is 16.8. The van der Waals surface area contributed by atoms with E-state index in [0.29, 0.717) is 12.3 Å². The Bertz CT molecular complexity index is 530. The van der Waals surface area contributed by atoms with Crippen LogP contribution in [0.2, 0.25) is 0 Å². The van der Waals surface area contributed by atoms with Gasteiger partial charge in [0, 0.05) is 55.5 Å². The van der Waals surface area contributed by atoms with Gasteiger partial charge in [-0.25, -0.2) is 4.79 Å². The minimum absolute atomic E-state index is 0.257. The molecule has 6 nitrogen and oxygen atoms in total. The molecule has 0 aromatic heterocycles. The lowest BCUT2D eigenvalue weighted by atomic mass is 10.2. The van der Waals surface area contributed by atoms with Gasteiger partial charge in [0.25, 0.3) is 0 Å². The first-order chi connectivity index (χ1) is 10.6. The fourth-order valence-corrected chi connectivity index (χ4v) is 2.77. The van der Waals surface area contributed by atoms with E-state index in [4.69, 9.17) is 0 Å². The number of piperazine rings is 1. The predicted octanol–water partition coefficient (Wildman–Crippen LogP) is 0.938. The van der Waals surface area contributed by atoms with E-state index in [9.17, 15) is 9.00 Å². The molecular formula is C15H24N4O2S. The van der Waals surface area contributed by atoms with Crippen molar-refractivity contribution in [3.8, 4) is 0 Å². The van der Waals surface area contributed by atoms with E-state index in [1.54, 1.807) is 6.26 Å². The monoisotopic (exact) mass is 324 g/mol. The Balaban J connectivity index is 1.96. The molecule has 2 amide bonds. The predicted molar refractivity (Wildman–Crippen MR) is 92.1 cm³/mol. The van der Waals surface area contributed by atoms with Crippen LogP contribution in [-0.2, 0) is 10.8 Å². The number of para-hydroxylation sites is 2. The second-order valence-electron chi connectivity index (χ2n) is 5.47. The molecule has 1 saturated heterocycles. The molecule has 1 fully saturated rings. The summed E-state index contributed by atoms with van der Waals surface area (Å²) < 4.78 is 11.0. The molecule has 2 rings (SSSR count). The summed E-state index contributed by atoms with van der Waals surface area (Å²) in [6.07, 6.45) is 1.63. The number of benzene rings is 1. The third-order valence-corrected chi connectivity index (χ3v) is 4.45. The van der Waals surface area contributed by atoms with E-state index in [1.807, 2.05) is 24.3 Å². The molecule has 0 aliphatic carbocycles. The average molecular weight is 324 g/mol. The summed E-state index contributed by atoms with van der Waals surface area (Å²) in [5, 5.41) is 5.62. The van der Waals surface area contributed by atoms with Gasteiger partial charge in [-0.05, 0) is 19.2 Å². The number of nitrogens with zero attached hydrogens (tertiary/aromatic N) is 2. The zero-order valence-corrected chi connectivity index (χ0v) is 14.0. The highest BCUT2D eigenvalue weighted by molar-refractivity contribution is 7.84. The fraction of sp³-hybridized carbons (Fsp3) is 0.533. The lowest BCUT2D eigenvalue weighted by Gasteiger charge is -2.35. The number of carbonyl (C=O) groups is 1. The van der Waals surface area contributed by atoms with Crippen LogP contribution in [0.5, 0.6) is 0 Å². The quantitative estimate of drug-likeness (QED) is 0.846. The van der Waals surface area contributed by atoms with Gasteiger partial charge in [0.2, 0.25) is 0 Å². The molecule has 1 aliphatic heterocycles. The molecule has 2 N–H and O–H groups in total. The van der Waals surface area contributed by atoms with Crippen molar-refractivity contribution in [3.05, 3.63) is 24.3 Å². The van der Waals surface area contributed by atoms with Crippen molar-refractivity contribution in [2.24, 2.45) is 0 Å². The van der Waals surface area contributed by atoms with Crippen molar-refractivity contribution < 1.29 is 9.00 Å². The second-order valence-corrected chi connectivity index (χ2v) is 7.02. The highest BCUT2D eigenvalue weighted by atomic mass is 32.2. The second kappa shape index (κ2) is 8.14. The molecule has 0 radical (unpaired) electrons. The molecule has 1 atom stereocenters. The Labute approximate surface area is 134 Å². The molecule has 0 bridgehead atoms. The Kier molecular flexibility index (Phi) is 6.21. The summed E-state index contributed by atoms with van der Waals surface area (Å²) in [6.45, 7) is 4.34. The van der Waals surface area contributed by atoms with Gasteiger partial charge in [-0.3, -0.25) is 4.21 Å². The first-order valence-electron chi connectivity index (χ1n) is 7.43. The Morgan fingerprint density at radius 2 is 1.91 bits per heavy atom. The van der Waals surface area contributed by atoms with Gasteiger partial charge in [-0.2, -0.15) is 0 Å². The summed E-state index contributed by atoms with van der Waals surface area (Å²) in [5.74, 6) is 0.466. The van der Waals surface area contributed by atoms with Crippen LogP contribution in [-0.4, -0.2) is 66.9 Å². The molecule has 1 heterocycles. The largest absolute Gasteiger partial charge is 0.367 e. The van der Waals surface area contributed by atoms with Gasteiger partial charge in [0.15, 0.2) is 0 Å². The minimum Gasteiger partial charge on any atom is -0.367 e. The number of nitrogens with one attached hydrogen (secondary N) is 2. The van der Waals surface area contributed by atoms with E-state index in [2.05, 4.69) is 27.5 Å². The van der Waals surface area contributed by atoms with Gasteiger partial charge < -0.3 is 20.4 Å². The highest BCUT2D eigenvalue weighted by Crippen LogP contribution is 2.26. The van der Waals surface area contributed by atoms with Crippen LogP contribution in [0.3, 0.4) is 0 Å². The topological polar surface area (TPSA) is 64.7 Å². The van der Waals surface area contributed by atoms with Gasteiger partial charge >= 0.3 is 6.03 Å². The molecule has 1 aromatic rings. The van der Waals surface area contributed by atoms with E-state index in [0.717, 1.165) is 37.6 Å². The maximum atomic E-state index is 11.9. The molecule has 7 heteroatoms. The van der Waals surface area contributed by atoms with Crippen LogP contribution >= 0.6 is 0 Å². The lowest BCUT2D eigenvalue weighted by molar-refractivity contribution is 0.252. The van der Waals surface area contributed by atoms with Crippen LogP contribution in [0.25, 0.3) is 0 Å². The van der Waals surface area contributed by atoms with Gasteiger partial charge in [-0.15, -0.1) is 0 Å². The summed E-state index contributed by atoms with van der Waals surface area (Å²) >= 11 is 0. The van der Waals surface area contributed by atoms with Crippen molar-refractivity contribution in [2.75, 3.05) is 62.0 Å². The summed E-state index contributed by atoms with van der Waals surface area (Å²) in [6, 6.07) is 7.58. The number of anilines is 2. The van der Waals surface area contributed by atoms with Gasteiger partial charge in [0.05, 0.1) is 11.4 Å². The molecule has 0 saturated carbocycles. The van der Waals surface area contributed by atoms with E-state index in [1.165, 1.54) is 0 Å². The van der Waals surface area contributed by atoms with Crippen LogP contribution in [0.4, 0.5) is 16.2 Å². The number of carbonyl (C=O) groups excluding carboxylic acids is 1. The van der Waals surface area contributed by atoms with Crippen molar-refractivity contribution in [3.63, 3.8) is 0 Å². The van der Waals surface area contributed by atoms with Crippen molar-refractivity contribution >= 4 is 28.2 Å². The van der Waals surface area contributed by atoms with Crippen molar-refractivity contribution in [1.82, 2.24) is 10.2 Å². The number of amides is 2. The summed E-state index contributed by atoms with van der Waals surface area (Å²) in [4.78, 5) is 16.5. The van der Waals surface area contributed by atoms with Crippen LogP contribution in [0.15, 0.2) is 24.3 Å². The molecule has 122 valence electrons. The highest BCUT2D eigenvalue weighted by Gasteiger charge is 2.17. The molecule has 0 spiro atoms. The molecule has 1 aliphatic rings. The Hall–Kier alpha value is -1.60. The fourth-order valence-electron chi connectivity index (χ4n) is 2.38. The Morgan fingerprint density at radius 1 is 1.23 bits per heavy atom. The first-order valence-corrected chi connectivity index (χ1v) is 9.16. The zero-order chi connectivity index (χ0) is 15.9. The maximum Gasteiger partial charge on any atom is 0.319 e. The van der Waals surface area contributed by atoms with Crippen molar-refractivity contribution in [1.29, 1.82) is 0 Å². The third-order valence-electron chi connectivity index (χ3n) is 3.67. The normalized spacial score (nSPS) is 17.1. The van der Waals surface area contributed by atoms with Crippen LogP contribution in [0.1, 0.15) is 0 Å². The SMILES string of the molecule is CN1CCN(c2ccccc2NC(=O)NCC[S@@](C)=O)CC1. The number of rotatable bonds is 5. The summed E-state index contributed by atoms with van der Waals surface area (Å²) in [5.41, 5.74) is 1.85. The standard InChI is InChI=1S/C15H24N4O2S/c1-18-8-10-19(11-9-18)14-6-4-3-5-13(14)17-15(20)16-7-12-22(2)21/h3-6H,7-12H2,1-2H3,(H2,16,17,20)/t22-/m1/s1. The number of hydrogen-bond donors (Lipinski definition) is 2. The number of urea groups is 1. The van der Waals surface area contributed by atoms with E-state index < -0.39 is 10.8 Å². The van der Waals surface area contributed by atoms with E-state index >= 15 is 0 Å².